The zero-order chi connectivity index (χ0) is 29.9. The van der Waals surface area contributed by atoms with Gasteiger partial charge >= 0.3 is 5.97 Å². The number of amides is 3. The van der Waals surface area contributed by atoms with E-state index in [2.05, 4.69) is 21.0 Å². The van der Waals surface area contributed by atoms with Gasteiger partial charge in [-0.05, 0) is 82.0 Å². The quantitative estimate of drug-likeness (QED) is 0.454. The molecule has 1 fully saturated rings. The molecule has 0 unspecified atom stereocenters. The van der Waals surface area contributed by atoms with Gasteiger partial charge in [-0.1, -0.05) is 32.1 Å². The minimum Gasteiger partial charge on any atom is -0.452 e. The Balaban J connectivity index is 1.66. The molecule has 4 atom stereocenters. The van der Waals surface area contributed by atoms with Crippen LogP contribution in [0.3, 0.4) is 0 Å². The first-order valence-electron chi connectivity index (χ1n) is 14.3. The van der Waals surface area contributed by atoms with E-state index in [-0.39, 0.29) is 23.8 Å². The highest BCUT2D eigenvalue weighted by Crippen LogP contribution is 2.26. The number of nitrogens with zero attached hydrogens (tertiary/aromatic N) is 2. The van der Waals surface area contributed by atoms with E-state index in [1.165, 1.54) is 5.01 Å². The summed E-state index contributed by atoms with van der Waals surface area (Å²) in [5.74, 6) is -1.94. The summed E-state index contributed by atoms with van der Waals surface area (Å²) >= 11 is 0. The second kappa shape index (κ2) is 12.4. The largest absolute Gasteiger partial charge is 0.452 e. The summed E-state index contributed by atoms with van der Waals surface area (Å²) in [7, 11) is 0. The van der Waals surface area contributed by atoms with E-state index < -0.39 is 35.5 Å². The lowest BCUT2D eigenvalue weighted by atomic mass is 9.89. The Kier molecular flexibility index (Phi) is 9.11. The standard InChI is InChI=1S/C31H41N5O5/c1-18(2)26-28(38)34-20(4)29(39)36-14-8-10-25(35-36)27(37)33-19(3)21-11-12-22-17-32-24(16-23(22)15-21)9-7-13-31(5,6)30(40)41-26/h7,9,11-12,15-20,25-26,35H,8,10,13-14H2,1-6H3,(H,33,37)(H,34,38)/t19-,20+,25+,26+/m1/s1. The minimum absolute atomic E-state index is 0.207. The second-order valence-corrected chi connectivity index (χ2v) is 12.1. The predicted octanol–water partition coefficient (Wildman–Crippen LogP) is 3.42. The van der Waals surface area contributed by atoms with Gasteiger partial charge in [0.2, 0.25) is 5.91 Å². The van der Waals surface area contributed by atoms with Gasteiger partial charge < -0.3 is 15.4 Å². The van der Waals surface area contributed by atoms with Crippen molar-refractivity contribution in [2.24, 2.45) is 11.3 Å². The molecule has 41 heavy (non-hydrogen) atoms. The SMILES string of the molecule is CC(C)[C@@H]1OC(=O)C(C)(C)CC=Cc2cc3cc(ccc3cn2)[C@@H](C)NC(=O)[C@@H]2CCCN(N2)C(=O)[C@H](C)NC1=O. The second-order valence-electron chi connectivity index (χ2n) is 12.1. The number of carbonyl (C=O) groups is 4. The van der Waals surface area contributed by atoms with Crippen LogP contribution in [0.2, 0.25) is 0 Å². The van der Waals surface area contributed by atoms with Gasteiger partial charge in [-0.3, -0.25) is 29.2 Å². The Morgan fingerprint density at radius 3 is 2.46 bits per heavy atom. The van der Waals surface area contributed by atoms with Gasteiger partial charge in [-0.15, -0.1) is 0 Å². The number of allylic oxidation sites excluding steroid dienone is 1. The Morgan fingerprint density at radius 1 is 1.00 bits per heavy atom. The van der Waals surface area contributed by atoms with E-state index in [0.717, 1.165) is 22.0 Å². The number of hydrazine groups is 1. The normalized spacial score (nSPS) is 26.4. The average molecular weight is 564 g/mol. The molecule has 10 heteroatoms. The van der Waals surface area contributed by atoms with Crippen molar-refractivity contribution in [1.29, 1.82) is 0 Å². The van der Waals surface area contributed by atoms with Crippen LogP contribution in [0.1, 0.15) is 78.1 Å². The fourth-order valence-electron chi connectivity index (χ4n) is 4.98. The summed E-state index contributed by atoms with van der Waals surface area (Å²) in [6.07, 6.45) is 6.04. The number of benzene rings is 1. The zero-order valence-electron chi connectivity index (χ0n) is 24.7. The number of hydrogen-bond acceptors (Lipinski definition) is 7. The maximum Gasteiger partial charge on any atom is 0.312 e. The molecular weight excluding hydrogens is 522 g/mol. The Bertz CT molecular complexity index is 1350. The number of pyridine rings is 1. The maximum atomic E-state index is 13.2. The molecule has 2 aliphatic heterocycles. The van der Waals surface area contributed by atoms with Crippen molar-refractivity contribution in [3.8, 4) is 0 Å². The molecule has 1 aromatic heterocycles. The van der Waals surface area contributed by atoms with Crippen molar-refractivity contribution in [3.63, 3.8) is 0 Å². The van der Waals surface area contributed by atoms with Crippen molar-refractivity contribution < 1.29 is 23.9 Å². The zero-order valence-corrected chi connectivity index (χ0v) is 24.7. The van der Waals surface area contributed by atoms with Crippen molar-refractivity contribution in [1.82, 2.24) is 26.1 Å². The number of carbonyl (C=O) groups excluding carboxylic acids is 4. The van der Waals surface area contributed by atoms with Crippen molar-refractivity contribution in [2.75, 3.05) is 6.54 Å². The molecule has 0 aliphatic carbocycles. The van der Waals surface area contributed by atoms with E-state index in [4.69, 9.17) is 4.74 Å². The number of hydrogen-bond donors (Lipinski definition) is 3. The smallest absolute Gasteiger partial charge is 0.312 e. The van der Waals surface area contributed by atoms with Crippen LogP contribution in [0, 0.1) is 11.3 Å². The van der Waals surface area contributed by atoms with Gasteiger partial charge in [0.1, 0.15) is 12.1 Å². The topological polar surface area (TPSA) is 130 Å². The maximum absolute atomic E-state index is 13.2. The average Bonchev–Trinajstić information content (AvgIpc) is 2.94. The Hall–Kier alpha value is -3.79. The van der Waals surface area contributed by atoms with E-state index in [1.807, 2.05) is 43.3 Å². The molecule has 0 radical (unpaired) electrons. The number of nitrogens with one attached hydrogen (secondary N) is 3. The van der Waals surface area contributed by atoms with Crippen LogP contribution in [0.4, 0.5) is 0 Å². The van der Waals surface area contributed by atoms with E-state index in [1.54, 1.807) is 40.8 Å². The summed E-state index contributed by atoms with van der Waals surface area (Å²) in [6.45, 7) is 11.0. The molecule has 0 spiro atoms. The number of fused-ring (bicyclic) bond motifs is 4. The summed E-state index contributed by atoms with van der Waals surface area (Å²) < 4.78 is 5.71. The van der Waals surface area contributed by atoms with Crippen LogP contribution in [0.25, 0.3) is 16.8 Å². The highest BCUT2D eigenvalue weighted by Gasteiger charge is 2.36. The molecule has 3 heterocycles. The van der Waals surface area contributed by atoms with Crippen LogP contribution < -0.4 is 16.1 Å². The molecule has 220 valence electrons. The Labute approximate surface area is 241 Å². The van der Waals surface area contributed by atoms with Gasteiger partial charge in [-0.25, -0.2) is 5.43 Å². The summed E-state index contributed by atoms with van der Waals surface area (Å²) in [4.78, 5) is 57.3. The van der Waals surface area contributed by atoms with Crippen molar-refractivity contribution in [2.45, 2.75) is 85.0 Å². The van der Waals surface area contributed by atoms with Crippen molar-refractivity contribution >= 4 is 40.5 Å². The highest BCUT2D eigenvalue weighted by atomic mass is 16.5. The van der Waals surface area contributed by atoms with Crippen LogP contribution in [-0.2, 0) is 23.9 Å². The molecule has 1 saturated heterocycles. The highest BCUT2D eigenvalue weighted by molar-refractivity contribution is 5.91. The van der Waals surface area contributed by atoms with Gasteiger partial charge in [0.15, 0.2) is 6.10 Å². The summed E-state index contributed by atoms with van der Waals surface area (Å²) in [5.41, 5.74) is 3.82. The minimum atomic E-state index is -1.07. The molecule has 3 N–H and O–H groups in total. The Morgan fingerprint density at radius 2 is 1.73 bits per heavy atom. The first-order valence-corrected chi connectivity index (χ1v) is 14.3. The molecular formula is C31H41N5O5. The number of esters is 1. The number of rotatable bonds is 1. The summed E-state index contributed by atoms with van der Waals surface area (Å²) in [5, 5.41) is 9.12. The van der Waals surface area contributed by atoms with Crippen molar-refractivity contribution in [3.05, 3.63) is 47.8 Å². The number of ether oxygens (including phenoxy) is 1. The monoisotopic (exact) mass is 563 g/mol. The van der Waals surface area contributed by atoms with Crippen LogP contribution in [0.15, 0.2) is 36.5 Å². The lowest BCUT2D eigenvalue weighted by Gasteiger charge is -2.35. The van der Waals surface area contributed by atoms with Crippen LogP contribution in [-0.4, -0.2) is 58.4 Å². The molecule has 1 aromatic carbocycles. The number of cyclic esters (lactones) is 1. The van der Waals surface area contributed by atoms with Gasteiger partial charge in [0, 0.05) is 18.1 Å². The van der Waals surface area contributed by atoms with Gasteiger partial charge in [-0.2, -0.15) is 0 Å². The van der Waals surface area contributed by atoms with Crippen LogP contribution in [0.5, 0.6) is 0 Å². The molecule has 0 saturated carbocycles. The molecule has 5 bridgehead atoms. The fraction of sp³-hybridized carbons (Fsp3) is 0.516. The molecule has 2 aromatic rings. The lowest BCUT2D eigenvalue weighted by Crippen LogP contribution is -2.61. The molecule has 3 amide bonds. The number of aromatic nitrogens is 1. The molecule has 4 rings (SSSR count). The summed E-state index contributed by atoms with van der Waals surface area (Å²) in [6, 6.07) is 6.20. The first kappa shape index (κ1) is 30.2. The lowest BCUT2D eigenvalue weighted by molar-refractivity contribution is -0.167. The third-order valence-corrected chi connectivity index (χ3v) is 7.69. The molecule has 10 nitrogen and oxygen atoms in total. The van der Waals surface area contributed by atoms with E-state index in [0.29, 0.717) is 25.8 Å². The third kappa shape index (κ3) is 7.11. The first-order chi connectivity index (χ1) is 19.4. The van der Waals surface area contributed by atoms with E-state index in [9.17, 15) is 19.2 Å². The van der Waals surface area contributed by atoms with Crippen LogP contribution >= 0.6 is 0 Å². The fourth-order valence-corrected chi connectivity index (χ4v) is 4.98. The van der Waals surface area contributed by atoms with Gasteiger partial charge in [0.05, 0.1) is 17.2 Å². The predicted molar refractivity (Wildman–Crippen MR) is 156 cm³/mol. The van der Waals surface area contributed by atoms with E-state index >= 15 is 0 Å². The third-order valence-electron chi connectivity index (χ3n) is 7.69. The molecule has 2 aliphatic rings. The van der Waals surface area contributed by atoms with Gasteiger partial charge in [0.25, 0.3) is 11.8 Å².